The summed E-state index contributed by atoms with van der Waals surface area (Å²) in [7, 11) is 0. The van der Waals surface area contributed by atoms with Gasteiger partial charge < -0.3 is 4.57 Å². The van der Waals surface area contributed by atoms with Crippen molar-refractivity contribution >= 4 is 5.78 Å². The average molecular weight is 304 g/mol. The molecular formula is C20H20N2O. The van der Waals surface area contributed by atoms with Crippen LogP contribution >= 0.6 is 0 Å². The molecule has 0 spiro atoms. The highest BCUT2D eigenvalue weighted by molar-refractivity contribution is 5.97. The summed E-state index contributed by atoms with van der Waals surface area (Å²) >= 11 is 0. The van der Waals surface area contributed by atoms with Crippen LogP contribution < -0.4 is 0 Å². The molecule has 3 aromatic rings. The lowest BCUT2D eigenvalue weighted by Gasteiger charge is -2.09. The number of benzene rings is 2. The van der Waals surface area contributed by atoms with E-state index in [9.17, 15) is 4.79 Å². The van der Waals surface area contributed by atoms with E-state index in [4.69, 9.17) is 0 Å². The van der Waals surface area contributed by atoms with Crippen molar-refractivity contribution in [2.45, 2.75) is 27.2 Å². The van der Waals surface area contributed by atoms with Crippen LogP contribution in [-0.2, 0) is 6.42 Å². The number of aryl methyl sites for hydroxylation is 3. The highest BCUT2D eigenvalue weighted by Crippen LogP contribution is 2.17. The Balaban J connectivity index is 1.87. The number of hydrogen-bond acceptors (Lipinski definition) is 2. The first-order valence-electron chi connectivity index (χ1n) is 7.72. The average Bonchev–Trinajstić information content (AvgIpc) is 3.03. The Morgan fingerprint density at radius 3 is 2.57 bits per heavy atom. The Morgan fingerprint density at radius 2 is 1.87 bits per heavy atom. The standard InChI is InChI=1S/C20H20N2O/c1-14-8-17(11-19(9-14)22-7-6-21-13-22)12-20(23)18-5-4-15(2)16(3)10-18/h4-11,13H,12H2,1-3H3. The van der Waals surface area contributed by atoms with E-state index in [-0.39, 0.29) is 5.78 Å². The topological polar surface area (TPSA) is 34.9 Å². The second-order valence-corrected chi connectivity index (χ2v) is 6.05. The quantitative estimate of drug-likeness (QED) is 0.676. The Kier molecular flexibility index (Phi) is 4.11. The molecule has 0 atom stereocenters. The molecule has 0 aliphatic rings. The number of hydrogen-bond donors (Lipinski definition) is 0. The first kappa shape index (κ1) is 15.2. The van der Waals surface area contributed by atoms with Gasteiger partial charge in [-0.25, -0.2) is 4.98 Å². The van der Waals surface area contributed by atoms with Crippen molar-refractivity contribution < 1.29 is 4.79 Å². The Hall–Kier alpha value is -2.68. The molecule has 0 unspecified atom stereocenters. The predicted octanol–water partition coefficient (Wildman–Crippen LogP) is 4.22. The molecule has 0 aliphatic carbocycles. The molecule has 0 amide bonds. The first-order valence-corrected chi connectivity index (χ1v) is 7.72. The molecule has 0 radical (unpaired) electrons. The summed E-state index contributed by atoms with van der Waals surface area (Å²) in [6, 6.07) is 12.1. The van der Waals surface area contributed by atoms with Crippen LogP contribution in [0, 0.1) is 20.8 Å². The molecule has 0 saturated carbocycles. The van der Waals surface area contributed by atoms with Crippen LogP contribution in [0.2, 0.25) is 0 Å². The summed E-state index contributed by atoms with van der Waals surface area (Å²) in [5.74, 6) is 0.148. The van der Waals surface area contributed by atoms with Crippen LogP contribution in [0.25, 0.3) is 5.69 Å². The summed E-state index contributed by atoms with van der Waals surface area (Å²) in [4.78, 5) is 16.6. The van der Waals surface area contributed by atoms with E-state index in [1.807, 2.05) is 48.9 Å². The van der Waals surface area contributed by atoms with Crippen LogP contribution in [-0.4, -0.2) is 15.3 Å². The fourth-order valence-corrected chi connectivity index (χ4v) is 2.71. The molecule has 3 heteroatoms. The third-order valence-corrected chi connectivity index (χ3v) is 4.12. The van der Waals surface area contributed by atoms with E-state index in [1.54, 1.807) is 12.5 Å². The maximum atomic E-state index is 12.6. The minimum absolute atomic E-state index is 0.148. The lowest BCUT2D eigenvalue weighted by atomic mass is 9.98. The van der Waals surface area contributed by atoms with Gasteiger partial charge in [0, 0.05) is 30.1 Å². The molecule has 0 bridgehead atoms. The lowest BCUT2D eigenvalue weighted by molar-refractivity contribution is 0.0993. The Bertz CT molecular complexity index is 848. The molecule has 3 rings (SSSR count). The summed E-state index contributed by atoms with van der Waals surface area (Å²) in [5.41, 5.74) is 6.33. The summed E-state index contributed by atoms with van der Waals surface area (Å²) in [6.07, 6.45) is 5.83. The smallest absolute Gasteiger partial charge is 0.167 e. The molecule has 1 aromatic heterocycles. The molecule has 116 valence electrons. The minimum Gasteiger partial charge on any atom is -0.306 e. The van der Waals surface area contributed by atoms with E-state index in [1.165, 1.54) is 5.56 Å². The normalized spacial score (nSPS) is 10.7. The van der Waals surface area contributed by atoms with Crippen LogP contribution in [0.3, 0.4) is 0 Å². The van der Waals surface area contributed by atoms with E-state index >= 15 is 0 Å². The zero-order valence-electron chi connectivity index (χ0n) is 13.7. The number of imidazole rings is 1. The number of carbonyl (C=O) groups excluding carboxylic acids is 1. The minimum atomic E-state index is 0.148. The summed E-state index contributed by atoms with van der Waals surface area (Å²) in [6.45, 7) is 6.14. The van der Waals surface area contributed by atoms with E-state index in [0.29, 0.717) is 6.42 Å². The van der Waals surface area contributed by atoms with Gasteiger partial charge in [0.1, 0.15) is 0 Å². The van der Waals surface area contributed by atoms with Crippen molar-refractivity contribution in [1.29, 1.82) is 0 Å². The monoisotopic (exact) mass is 304 g/mol. The van der Waals surface area contributed by atoms with E-state index < -0.39 is 0 Å². The van der Waals surface area contributed by atoms with Gasteiger partial charge in [0.2, 0.25) is 0 Å². The van der Waals surface area contributed by atoms with Gasteiger partial charge in [0.15, 0.2) is 5.78 Å². The number of rotatable bonds is 4. The van der Waals surface area contributed by atoms with Gasteiger partial charge in [0.25, 0.3) is 0 Å². The van der Waals surface area contributed by atoms with E-state index in [2.05, 4.69) is 24.0 Å². The molecule has 2 aromatic carbocycles. The number of carbonyl (C=O) groups is 1. The van der Waals surface area contributed by atoms with Crippen molar-refractivity contribution in [1.82, 2.24) is 9.55 Å². The highest BCUT2D eigenvalue weighted by atomic mass is 16.1. The second-order valence-electron chi connectivity index (χ2n) is 6.05. The maximum absolute atomic E-state index is 12.6. The van der Waals surface area contributed by atoms with Gasteiger partial charge in [0.05, 0.1) is 6.33 Å². The molecule has 3 nitrogen and oxygen atoms in total. The number of aromatic nitrogens is 2. The number of ketones is 1. The summed E-state index contributed by atoms with van der Waals surface area (Å²) < 4.78 is 1.96. The molecule has 0 fully saturated rings. The zero-order chi connectivity index (χ0) is 16.4. The third-order valence-electron chi connectivity index (χ3n) is 4.12. The third kappa shape index (κ3) is 3.39. The fraction of sp³-hybridized carbons (Fsp3) is 0.200. The van der Waals surface area contributed by atoms with E-state index in [0.717, 1.165) is 27.9 Å². The SMILES string of the molecule is Cc1cc(CC(=O)c2ccc(C)c(C)c2)cc(-n2ccnc2)c1. The van der Waals surface area contributed by atoms with Crippen LogP contribution in [0.15, 0.2) is 55.1 Å². The van der Waals surface area contributed by atoms with Gasteiger partial charge in [-0.3, -0.25) is 4.79 Å². The zero-order valence-corrected chi connectivity index (χ0v) is 13.7. The van der Waals surface area contributed by atoms with Crippen molar-refractivity contribution in [2.75, 3.05) is 0 Å². The van der Waals surface area contributed by atoms with Crippen LogP contribution in [0.5, 0.6) is 0 Å². The second kappa shape index (κ2) is 6.21. The van der Waals surface area contributed by atoms with Gasteiger partial charge in [-0.05, 0) is 61.2 Å². The fourth-order valence-electron chi connectivity index (χ4n) is 2.71. The van der Waals surface area contributed by atoms with Crippen molar-refractivity contribution in [2.24, 2.45) is 0 Å². The van der Waals surface area contributed by atoms with Crippen LogP contribution in [0.4, 0.5) is 0 Å². The molecule has 23 heavy (non-hydrogen) atoms. The molecule has 0 aliphatic heterocycles. The van der Waals surface area contributed by atoms with Gasteiger partial charge in [-0.1, -0.05) is 18.2 Å². The molecule has 1 heterocycles. The van der Waals surface area contributed by atoms with Gasteiger partial charge >= 0.3 is 0 Å². The van der Waals surface area contributed by atoms with Gasteiger partial charge in [-0.15, -0.1) is 0 Å². The largest absolute Gasteiger partial charge is 0.306 e. The number of Topliss-reactive ketones (excluding diaryl/α,β-unsaturated/α-hetero) is 1. The Morgan fingerprint density at radius 1 is 1.04 bits per heavy atom. The predicted molar refractivity (Wildman–Crippen MR) is 92.3 cm³/mol. The van der Waals surface area contributed by atoms with Gasteiger partial charge in [-0.2, -0.15) is 0 Å². The lowest BCUT2D eigenvalue weighted by Crippen LogP contribution is -2.05. The molecular weight excluding hydrogens is 284 g/mol. The molecule has 0 saturated heterocycles. The van der Waals surface area contributed by atoms with Crippen molar-refractivity contribution in [3.8, 4) is 5.69 Å². The number of nitrogens with zero attached hydrogens (tertiary/aromatic N) is 2. The Labute approximate surface area is 136 Å². The van der Waals surface area contributed by atoms with Crippen molar-refractivity contribution in [3.05, 3.63) is 82.9 Å². The highest BCUT2D eigenvalue weighted by Gasteiger charge is 2.10. The summed E-state index contributed by atoms with van der Waals surface area (Å²) in [5, 5.41) is 0. The maximum Gasteiger partial charge on any atom is 0.167 e. The first-order chi connectivity index (χ1) is 11.0. The van der Waals surface area contributed by atoms with Crippen molar-refractivity contribution in [3.63, 3.8) is 0 Å². The molecule has 0 N–H and O–H groups in total. The van der Waals surface area contributed by atoms with Crippen LogP contribution in [0.1, 0.15) is 32.6 Å².